The van der Waals surface area contributed by atoms with Gasteiger partial charge in [-0.1, -0.05) is 23.4 Å². The highest BCUT2D eigenvalue weighted by molar-refractivity contribution is 6.31. The molecular formula is C16H17ClN2O2. The van der Waals surface area contributed by atoms with Crippen molar-refractivity contribution in [1.82, 2.24) is 5.32 Å². The van der Waals surface area contributed by atoms with Crippen LogP contribution in [0.1, 0.15) is 38.3 Å². The van der Waals surface area contributed by atoms with Crippen molar-refractivity contribution in [2.75, 3.05) is 6.54 Å². The predicted molar refractivity (Wildman–Crippen MR) is 81.9 cm³/mol. The molecule has 0 bridgehead atoms. The number of nitrogens with zero attached hydrogens (tertiary/aromatic N) is 1. The first kappa shape index (κ1) is 16.9. The van der Waals surface area contributed by atoms with Crippen molar-refractivity contribution < 1.29 is 9.53 Å². The van der Waals surface area contributed by atoms with E-state index in [1.807, 2.05) is 6.07 Å². The van der Waals surface area contributed by atoms with Gasteiger partial charge >= 0.3 is 6.09 Å². The van der Waals surface area contributed by atoms with Crippen molar-refractivity contribution in [2.45, 2.75) is 32.8 Å². The summed E-state index contributed by atoms with van der Waals surface area (Å²) in [6.07, 6.45) is 0.0438. The molecule has 1 N–H and O–H groups in total. The fourth-order valence-corrected chi connectivity index (χ4v) is 1.61. The van der Waals surface area contributed by atoms with Gasteiger partial charge in [-0.05, 0) is 39.0 Å². The summed E-state index contributed by atoms with van der Waals surface area (Å²) in [4.78, 5) is 11.4. The van der Waals surface area contributed by atoms with E-state index >= 15 is 0 Å². The molecule has 1 amide bonds. The van der Waals surface area contributed by atoms with Gasteiger partial charge < -0.3 is 10.1 Å². The number of hydrogen-bond acceptors (Lipinski definition) is 3. The lowest BCUT2D eigenvalue weighted by Gasteiger charge is -2.19. The highest BCUT2D eigenvalue weighted by Gasteiger charge is 2.15. The quantitative estimate of drug-likeness (QED) is 0.672. The summed E-state index contributed by atoms with van der Waals surface area (Å²) < 4.78 is 5.10. The Hall–Kier alpha value is -2.17. The zero-order chi connectivity index (χ0) is 15.9. The molecule has 0 spiro atoms. The Morgan fingerprint density at radius 3 is 2.71 bits per heavy atom. The molecule has 0 fully saturated rings. The van der Waals surface area contributed by atoms with Gasteiger partial charge in [-0.15, -0.1) is 0 Å². The minimum absolute atomic E-state index is 0.385. The third kappa shape index (κ3) is 6.70. The second kappa shape index (κ2) is 7.57. The number of amides is 1. The Balaban J connectivity index is 2.42. The third-order valence-corrected chi connectivity index (χ3v) is 2.55. The zero-order valence-corrected chi connectivity index (χ0v) is 13.0. The Bertz CT molecular complexity index is 616. The molecule has 0 radical (unpaired) electrons. The number of carbonyl (C=O) groups is 1. The van der Waals surface area contributed by atoms with Crippen LogP contribution in [0.3, 0.4) is 0 Å². The van der Waals surface area contributed by atoms with Crippen LogP contribution in [0.15, 0.2) is 18.2 Å². The van der Waals surface area contributed by atoms with Crippen molar-refractivity contribution in [1.29, 1.82) is 5.26 Å². The summed E-state index contributed by atoms with van der Waals surface area (Å²) >= 11 is 5.91. The van der Waals surface area contributed by atoms with Crippen LogP contribution in [0.4, 0.5) is 4.79 Å². The minimum Gasteiger partial charge on any atom is -0.444 e. The standard InChI is InChI=1S/C16H17ClN2O2/c1-16(2,3)21-15(20)19-9-5-4-6-12-7-8-13(11-18)14(17)10-12/h7-8,10H,5,9H2,1-3H3,(H,19,20). The number of ether oxygens (including phenoxy) is 1. The van der Waals surface area contributed by atoms with Crippen molar-refractivity contribution in [3.8, 4) is 17.9 Å². The van der Waals surface area contributed by atoms with Gasteiger partial charge in [0.25, 0.3) is 0 Å². The fourth-order valence-electron chi connectivity index (χ4n) is 1.39. The maximum absolute atomic E-state index is 11.4. The van der Waals surface area contributed by atoms with E-state index in [0.717, 1.165) is 5.56 Å². The molecule has 0 unspecified atom stereocenters. The zero-order valence-electron chi connectivity index (χ0n) is 12.3. The molecule has 1 aromatic carbocycles. The van der Waals surface area contributed by atoms with Gasteiger partial charge in [-0.3, -0.25) is 0 Å². The molecule has 1 aromatic rings. The van der Waals surface area contributed by atoms with Crippen LogP contribution in [0.2, 0.25) is 5.02 Å². The van der Waals surface area contributed by atoms with Gasteiger partial charge in [0.05, 0.1) is 10.6 Å². The normalized spacial score (nSPS) is 10.0. The first-order valence-electron chi connectivity index (χ1n) is 6.47. The lowest BCUT2D eigenvalue weighted by atomic mass is 10.1. The Labute approximate surface area is 130 Å². The largest absolute Gasteiger partial charge is 0.444 e. The molecule has 1 rings (SSSR count). The van der Waals surface area contributed by atoms with E-state index in [2.05, 4.69) is 17.2 Å². The van der Waals surface area contributed by atoms with Crippen LogP contribution in [-0.4, -0.2) is 18.2 Å². The van der Waals surface area contributed by atoms with E-state index in [9.17, 15) is 4.79 Å². The topological polar surface area (TPSA) is 62.1 Å². The molecule has 0 aliphatic rings. The maximum atomic E-state index is 11.4. The molecule has 0 saturated heterocycles. The van der Waals surface area contributed by atoms with Crippen molar-refractivity contribution in [2.24, 2.45) is 0 Å². The highest BCUT2D eigenvalue weighted by Crippen LogP contribution is 2.16. The number of hydrogen-bond donors (Lipinski definition) is 1. The van der Waals surface area contributed by atoms with Crippen molar-refractivity contribution in [3.63, 3.8) is 0 Å². The summed E-state index contributed by atoms with van der Waals surface area (Å²) in [5.74, 6) is 5.85. The molecule has 21 heavy (non-hydrogen) atoms. The molecule has 0 heterocycles. The first-order chi connectivity index (χ1) is 9.81. The van der Waals surface area contributed by atoms with Crippen molar-refractivity contribution >= 4 is 17.7 Å². The number of carbonyl (C=O) groups excluding carboxylic acids is 1. The first-order valence-corrected chi connectivity index (χ1v) is 6.85. The van der Waals surface area contributed by atoms with Gasteiger partial charge in [-0.25, -0.2) is 4.79 Å². The van der Waals surface area contributed by atoms with Crippen molar-refractivity contribution in [3.05, 3.63) is 34.3 Å². The Morgan fingerprint density at radius 1 is 1.43 bits per heavy atom. The van der Waals surface area contributed by atoms with Crippen LogP contribution >= 0.6 is 11.6 Å². The second-order valence-electron chi connectivity index (χ2n) is 5.29. The van der Waals surface area contributed by atoms with E-state index in [4.69, 9.17) is 21.6 Å². The molecule has 0 aromatic heterocycles. The van der Waals surface area contributed by atoms with E-state index in [0.29, 0.717) is 23.6 Å². The molecular weight excluding hydrogens is 288 g/mol. The van der Waals surface area contributed by atoms with E-state index < -0.39 is 11.7 Å². The second-order valence-corrected chi connectivity index (χ2v) is 5.69. The Kier molecular flexibility index (Phi) is 6.09. The Morgan fingerprint density at radius 2 is 2.14 bits per heavy atom. The van der Waals surface area contributed by atoms with Crippen LogP contribution in [-0.2, 0) is 4.74 Å². The van der Waals surface area contributed by atoms with Gasteiger partial charge in [0.15, 0.2) is 0 Å². The lowest BCUT2D eigenvalue weighted by Crippen LogP contribution is -2.32. The SMILES string of the molecule is CC(C)(C)OC(=O)NCCC#Cc1ccc(C#N)c(Cl)c1. The molecule has 0 saturated carbocycles. The summed E-state index contributed by atoms with van der Waals surface area (Å²) in [7, 11) is 0. The lowest BCUT2D eigenvalue weighted by molar-refractivity contribution is 0.0529. The average molecular weight is 305 g/mol. The van der Waals surface area contributed by atoms with Gasteiger partial charge in [0.1, 0.15) is 11.7 Å². The van der Waals surface area contributed by atoms with Crippen LogP contribution in [0, 0.1) is 23.2 Å². The summed E-state index contributed by atoms with van der Waals surface area (Å²) in [6.45, 7) is 5.83. The number of rotatable bonds is 2. The minimum atomic E-state index is -0.505. The smallest absolute Gasteiger partial charge is 0.407 e. The number of alkyl carbamates (subject to hydrolysis) is 1. The highest BCUT2D eigenvalue weighted by atomic mass is 35.5. The summed E-state index contributed by atoms with van der Waals surface area (Å²) in [6, 6.07) is 7.00. The number of nitriles is 1. The monoisotopic (exact) mass is 304 g/mol. The average Bonchev–Trinajstić information content (AvgIpc) is 2.36. The van der Waals surface area contributed by atoms with Crippen LogP contribution < -0.4 is 5.32 Å². The molecule has 0 atom stereocenters. The molecule has 5 heteroatoms. The van der Waals surface area contributed by atoms with E-state index in [1.165, 1.54) is 0 Å². The van der Waals surface area contributed by atoms with Gasteiger partial charge in [-0.2, -0.15) is 5.26 Å². The molecule has 4 nitrogen and oxygen atoms in total. The predicted octanol–water partition coefficient (Wildman–Crippen LogP) is 3.48. The summed E-state index contributed by atoms with van der Waals surface area (Å²) in [5.41, 5.74) is 0.653. The molecule has 0 aliphatic carbocycles. The van der Waals surface area contributed by atoms with E-state index in [1.54, 1.807) is 39.0 Å². The maximum Gasteiger partial charge on any atom is 0.407 e. The molecule has 0 aliphatic heterocycles. The molecule has 110 valence electrons. The van der Waals surface area contributed by atoms with Crippen LogP contribution in [0.5, 0.6) is 0 Å². The number of halogens is 1. The van der Waals surface area contributed by atoms with E-state index in [-0.39, 0.29) is 0 Å². The van der Waals surface area contributed by atoms with Gasteiger partial charge in [0, 0.05) is 18.5 Å². The summed E-state index contributed by atoms with van der Waals surface area (Å²) in [5, 5.41) is 11.8. The number of benzene rings is 1. The van der Waals surface area contributed by atoms with Gasteiger partial charge in [0.2, 0.25) is 0 Å². The fraction of sp³-hybridized carbons (Fsp3) is 0.375. The van der Waals surface area contributed by atoms with Crippen LogP contribution in [0.25, 0.3) is 0 Å². The number of nitrogens with one attached hydrogen (secondary N) is 1. The third-order valence-electron chi connectivity index (χ3n) is 2.24.